The minimum Gasteiger partial charge on any atom is -0.453 e. The summed E-state index contributed by atoms with van der Waals surface area (Å²) >= 11 is 4.95. The first-order chi connectivity index (χ1) is 11.8. The van der Waals surface area contributed by atoms with E-state index in [9.17, 15) is 0 Å². The zero-order valence-electron chi connectivity index (χ0n) is 13.1. The molecule has 0 unspecified atom stereocenters. The Kier molecular flexibility index (Phi) is 4.28. The summed E-state index contributed by atoms with van der Waals surface area (Å²) in [5.74, 6) is 1.98. The van der Waals surface area contributed by atoms with E-state index < -0.39 is 0 Å². The van der Waals surface area contributed by atoms with Crippen molar-refractivity contribution in [2.75, 3.05) is 32.8 Å². The molecule has 0 bridgehead atoms. The highest BCUT2D eigenvalue weighted by molar-refractivity contribution is 7.71. The van der Waals surface area contributed by atoms with E-state index in [0.29, 0.717) is 16.4 Å². The maximum Gasteiger partial charge on any atom is 0.213 e. The van der Waals surface area contributed by atoms with Crippen LogP contribution in [-0.4, -0.2) is 62.7 Å². The molecule has 0 spiro atoms. The van der Waals surface area contributed by atoms with Gasteiger partial charge in [0, 0.05) is 25.8 Å². The fourth-order valence-electron chi connectivity index (χ4n) is 2.69. The van der Waals surface area contributed by atoms with Gasteiger partial charge in [-0.2, -0.15) is 10.1 Å². The number of morpholine rings is 1. The van der Waals surface area contributed by atoms with Crippen molar-refractivity contribution in [3.8, 4) is 22.9 Å². The summed E-state index contributed by atoms with van der Waals surface area (Å²) in [4.78, 5) is 6.53. The molecule has 0 radical (unpaired) electrons. The minimum absolute atomic E-state index is 0.402. The number of aromatic amines is 2. The van der Waals surface area contributed by atoms with E-state index >= 15 is 0 Å². The molecule has 4 rings (SSSR count). The molecule has 1 aliphatic rings. The number of nitrogens with one attached hydrogen (secondary N) is 2. The lowest BCUT2D eigenvalue weighted by molar-refractivity contribution is 0.0360. The van der Waals surface area contributed by atoms with Gasteiger partial charge in [0.15, 0.2) is 11.6 Å². The zero-order valence-corrected chi connectivity index (χ0v) is 13.9. The Bertz CT molecular complexity index is 857. The second kappa shape index (κ2) is 6.71. The van der Waals surface area contributed by atoms with E-state index in [1.807, 2.05) is 29.2 Å². The summed E-state index contributed by atoms with van der Waals surface area (Å²) in [6.07, 6.45) is 3.81. The van der Waals surface area contributed by atoms with Crippen LogP contribution in [-0.2, 0) is 11.3 Å². The minimum atomic E-state index is 0.402. The molecule has 0 amide bonds. The van der Waals surface area contributed by atoms with Gasteiger partial charge in [0.05, 0.1) is 31.5 Å². The normalized spacial score (nSPS) is 15.8. The first kappa shape index (κ1) is 15.3. The molecule has 0 aliphatic carbocycles. The molecule has 0 atom stereocenters. The van der Waals surface area contributed by atoms with E-state index in [1.165, 1.54) is 0 Å². The van der Waals surface area contributed by atoms with Crippen molar-refractivity contribution in [2.24, 2.45) is 0 Å². The van der Waals surface area contributed by atoms with Gasteiger partial charge in [-0.15, -0.1) is 0 Å². The smallest absolute Gasteiger partial charge is 0.213 e. The van der Waals surface area contributed by atoms with Crippen LogP contribution in [0.2, 0.25) is 0 Å². The van der Waals surface area contributed by atoms with Crippen LogP contribution in [0.1, 0.15) is 0 Å². The summed E-state index contributed by atoms with van der Waals surface area (Å²) in [6.45, 7) is 5.42. The Morgan fingerprint density at radius 1 is 1.12 bits per heavy atom. The zero-order chi connectivity index (χ0) is 16.4. The fraction of sp³-hybridized carbons (Fsp3) is 0.400. The third kappa shape index (κ3) is 3.32. The number of nitrogens with zero attached hydrogens (tertiary/aromatic N) is 4. The standard InChI is InChI=1S/C15H18N6O2S/c24-15-17-14(18-19-15)13-2-1-12(23-13)11-9-16-21(10-11)4-3-20-5-7-22-8-6-20/h1-2,9-10H,3-8H2,(H2,17,18,19,24). The van der Waals surface area contributed by atoms with Gasteiger partial charge >= 0.3 is 0 Å². The molecule has 3 aromatic heterocycles. The largest absolute Gasteiger partial charge is 0.453 e. The van der Waals surface area contributed by atoms with Crippen molar-refractivity contribution in [2.45, 2.75) is 6.54 Å². The Hall–Kier alpha value is -2.23. The van der Waals surface area contributed by atoms with Crippen LogP contribution in [0, 0.1) is 4.77 Å². The number of hydrogen-bond acceptors (Lipinski definition) is 6. The Morgan fingerprint density at radius 2 is 1.96 bits per heavy atom. The highest BCUT2D eigenvalue weighted by Gasteiger charge is 2.12. The van der Waals surface area contributed by atoms with Crippen LogP contribution >= 0.6 is 12.2 Å². The summed E-state index contributed by atoms with van der Waals surface area (Å²) in [7, 11) is 0. The Morgan fingerprint density at radius 3 is 2.75 bits per heavy atom. The summed E-state index contributed by atoms with van der Waals surface area (Å²) < 4.78 is 13.5. The summed E-state index contributed by atoms with van der Waals surface area (Å²) in [5, 5.41) is 10.1. The maximum absolute atomic E-state index is 5.84. The van der Waals surface area contributed by atoms with Crippen LogP contribution in [0.5, 0.6) is 0 Å². The number of ether oxygens (including phenoxy) is 1. The lowest BCUT2D eigenvalue weighted by Gasteiger charge is -2.26. The van der Waals surface area contributed by atoms with Gasteiger partial charge < -0.3 is 9.15 Å². The van der Waals surface area contributed by atoms with Crippen molar-refractivity contribution < 1.29 is 9.15 Å². The van der Waals surface area contributed by atoms with Crippen LogP contribution in [0.15, 0.2) is 28.9 Å². The predicted molar refractivity (Wildman–Crippen MR) is 90.0 cm³/mol. The molecule has 4 heterocycles. The first-order valence-electron chi connectivity index (χ1n) is 7.86. The van der Waals surface area contributed by atoms with Gasteiger partial charge in [-0.3, -0.25) is 19.8 Å². The molecule has 126 valence electrons. The highest BCUT2D eigenvalue weighted by Crippen LogP contribution is 2.26. The first-order valence-corrected chi connectivity index (χ1v) is 8.26. The Balaban J connectivity index is 1.43. The van der Waals surface area contributed by atoms with E-state index in [-0.39, 0.29) is 0 Å². The van der Waals surface area contributed by atoms with Gasteiger partial charge in [0.2, 0.25) is 4.77 Å². The summed E-state index contributed by atoms with van der Waals surface area (Å²) in [5.41, 5.74) is 0.942. The Labute approximate surface area is 143 Å². The molecule has 1 aliphatic heterocycles. The average Bonchev–Trinajstić information content (AvgIpc) is 3.33. The van der Waals surface area contributed by atoms with Crippen LogP contribution in [0.25, 0.3) is 22.9 Å². The average molecular weight is 346 g/mol. The highest BCUT2D eigenvalue weighted by atomic mass is 32.1. The molecule has 8 nitrogen and oxygen atoms in total. The number of H-pyrrole nitrogens is 2. The topological polar surface area (TPSA) is 87.9 Å². The van der Waals surface area contributed by atoms with Crippen molar-refractivity contribution >= 4 is 12.2 Å². The molecule has 0 aromatic carbocycles. The van der Waals surface area contributed by atoms with Crippen molar-refractivity contribution in [1.29, 1.82) is 0 Å². The van der Waals surface area contributed by atoms with Crippen LogP contribution in [0.4, 0.5) is 0 Å². The van der Waals surface area contributed by atoms with E-state index in [4.69, 9.17) is 21.4 Å². The van der Waals surface area contributed by atoms with Gasteiger partial charge in [-0.25, -0.2) is 0 Å². The summed E-state index contributed by atoms with van der Waals surface area (Å²) in [6, 6.07) is 3.77. The number of hydrogen-bond donors (Lipinski definition) is 2. The van der Waals surface area contributed by atoms with Crippen molar-refractivity contribution in [3.63, 3.8) is 0 Å². The van der Waals surface area contributed by atoms with Crippen molar-refractivity contribution in [1.82, 2.24) is 29.9 Å². The second-order valence-corrected chi connectivity index (χ2v) is 6.01. The lowest BCUT2D eigenvalue weighted by Crippen LogP contribution is -2.38. The maximum atomic E-state index is 5.84. The molecular weight excluding hydrogens is 328 g/mol. The second-order valence-electron chi connectivity index (χ2n) is 5.63. The van der Waals surface area contributed by atoms with E-state index in [0.717, 1.165) is 50.7 Å². The van der Waals surface area contributed by atoms with Gasteiger partial charge in [-0.1, -0.05) is 0 Å². The molecule has 1 fully saturated rings. The molecule has 24 heavy (non-hydrogen) atoms. The SMILES string of the molecule is S=c1nc(-c2ccc(-c3cnn(CCN4CCOCC4)c3)o2)[nH][nH]1. The molecule has 0 saturated carbocycles. The molecule has 3 aromatic rings. The number of aromatic nitrogens is 5. The molecule has 2 N–H and O–H groups in total. The van der Waals surface area contributed by atoms with Gasteiger partial charge in [0.1, 0.15) is 5.76 Å². The fourth-order valence-corrected chi connectivity index (χ4v) is 2.83. The quantitative estimate of drug-likeness (QED) is 0.686. The third-order valence-corrected chi connectivity index (χ3v) is 4.20. The molecule has 1 saturated heterocycles. The van der Waals surface area contributed by atoms with E-state index in [2.05, 4.69) is 25.2 Å². The van der Waals surface area contributed by atoms with Crippen molar-refractivity contribution in [3.05, 3.63) is 29.3 Å². The number of rotatable bonds is 5. The predicted octanol–water partition coefficient (Wildman–Crippen LogP) is 1.92. The van der Waals surface area contributed by atoms with E-state index in [1.54, 1.807) is 0 Å². The monoisotopic (exact) mass is 346 g/mol. The van der Waals surface area contributed by atoms with Crippen LogP contribution < -0.4 is 0 Å². The third-order valence-electron chi connectivity index (χ3n) is 4.01. The number of furan rings is 1. The van der Waals surface area contributed by atoms with Gasteiger partial charge in [-0.05, 0) is 24.4 Å². The molecular formula is C15H18N6O2S. The lowest BCUT2D eigenvalue weighted by atomic mass is 10.3. The van der Waals surface area contributed by atoms with Crippen LogP contribution in [0.3, 0.4) is 0 Å². The van der Waals surface area contributed by atoms with Gasteiger partial charge in [0.25, 0.3) is 0 Å². The molecule has 9 heteroatoms.